The van der Waals surface area contributed by atoms with Gasteiger partial charge in [-0.2, -0.15) is 5.10 Å². The number of piperidine rings is 1. The third-order valence-corrected chi connectivity index (χ3v) is 4.09. The summed E-state index contributed by atoms with van der Waals surface area (Å²) >= 11 is 0. The quantitative estimate of drug-likeness (QED) is 0.817. The molecule has 1 aromatic heterocycles. The summed E-state index contributed by atoms with van der Waals surface area (Å²) < 4.78 is 2.21. The molecule has 0 aromatic carbocycles. The zero-order valence-corrected chi connectivity index (χ0v) is 12.4. The van der Waals surface area contributed by atoms with Gasteiger partial charge >= 0.3 is 0 Å². The highest BCUT2D eigenvalue weighted by Gasteiger charge is 2.15. The predicted molar refractivity (Wildman–Crippen MR) is 76.1 cm³/mol. The Morgan fingerprint density at radius 1 is 1.06 bits per heavy atom. The van der Waals surface area contributed by atoms with E-state index >= 15 is 0 Å². The molecule has 1 fully saturated rings. The summed E-state index contributed by atoms with van der Waals surface area (Å²) in [4.78, 5) is 2.58. The molecular formula is C15H27N3. The molecule has 102 valence electrons. The Labute approximate surface area is 111 Å². The molecule has 1 aliphatic heterocycles. The van der Waals surface area contributed by atoms with Crippen molar-refractivity contribution in [3.8, 4) is 0 Å². The van der Waals surface area contributed by atoms with Gasteiger partial charge in [0.15, 0.2) is 0 Å². The Bertz CT molecular complexity index is 387. The average Bonchev–Trinajstić information content (AvgIpc) is 2.63. The van der Waals surface area contributed by atoms with E-state index in [1.54, 1.807) is 0 Å². The van der Waals surface area contributed by atoms with Crippen LogP contribution >= 0.6 is 0 Å². The lowest BCUT2D eigenvalue weighted by molar-refractivity contribution is 0.217. The highest BCUT2D eigenvalue weighted by Crippen LogP contribution is 2.22. The van der Waals surface area contributed by atoms with Gasteiger partial charge in [-0.15, -0.1) is 0 Å². The minimum atomic E-state index is 0.578. The van der Waals surface area contributed by atoms with Gasteiger partial charge in [0.2, 0.25) is 0 Å². The fourth-order valence-corrected chi connectivity index (χ4v) is 3.18. The van der Waals surface area contributed by atoms with Gasteiger partial charge in [-0.25, -0.2) is 0 Å². The van der Waals surface area contributed by atoms with Crippen LogP contribution in [0.4, 0.5) is 0 Å². The molecule has 1 aromatic rings. The third-order valence-electron chi connectivity index (χ3n) is 4.09. The lowest BCUT2D eigenvalue weighted by Crippen LogP contribution is -2.32. The van der Waals surface area contributed by atoms with E-state index in [0.717, 1.165) is 13.1 Å². The van der Waals surface area contributed by atoms with E-state index in [-0.39, 0.29) is 0 Å². The topological polar surface area (TPSA) is 21.1 Å². The second kappa shape index (κ2) is 5.87. The largest absolute Gasteiger partial charge is 0.301 e. The van der Waals surface area contributed by atoms with Crippen molar-refractivity contribution in [3.63, 3.8) is 0 Å². The minimum Gasteiger partial charge on any atom is -0.301 e. The van der Waals surface area contributed by atoms with Crippen molar-refractivity contribution in [2.45, 2.75) is 59.4 Å². The molecule has 0 radical (unpaired) electrons. The van der Waals surface area contributed by atoms with Crippen molar-refractivity contribution in [1.82, 2.24) is 14.7 Å². The van der Waals surface area contributed by atoms with Crippen molar-refractivity contribution in [3.05, 3.63) is 17.0 Å². The van der Waals surface area contributed by atoms with Crippen LogP contribution in [0.25, 0.3) is 0 Å². The van der Waals surface area contributed by atoms with Crippen LogP contribution in [0.3, 0.4) is 0 Å². The monoisotopic (exact) mass is 249 g/mol. The van der Waals surface area contributed by atoms with Crippen LogP contribution in [-0.4, -0.2) is 34.3 Å². The van der Waals surface area contributed by atoms with Gasteiger partial charge in [-0.1, -0.05) is 20.3 Å². The lowest BCUT2D eigenvalue weighted by atomic mass is 10.0. The van der Waals surface area contributed by atoms with E-state index in [0.29, 0.717) is 5.92 Å². The first-order valence-corrected chi connectivity index (χ1v) is 7.36. The molecule has 1 saturated heterocycles. The van der Waals surface area contributed by atoms with E-state index in [1.165, 1.54) is 49.3 Å². The van der Waals surface area contributed by atoms with Crippen molar-refractivity contribution in [1.29, 1.82) is 0 Å². The fraction of sp³-hybridized carbons (Fsp3) is 0.800. The fourth-order valence-electron chi connectivity index (χ4n) is 3.18. The number of nitrogens with zero attached hydrogens (tertiary/aromatic N) is 3. The Morgan fingerprint density at radius 2 is 1.72 bits per heavy atom. The Morgan fingerprint density at radius 3 is 2.28 bits per heavy atom. The van der Waals surface area contributed by atoms with E-state index in [1.807, 2.05) is 0 Å². The molecule has 0 atom stereocenters. The maximum Gasteiger partial charge on any atom is 0.0631 e. The molecular weight excluding hydrogens is 222 g/mol. The molecule has 0 saturated carbocycles. The maximum absolute atomic E-state index is 4.71. The second-order valence-corrected chi connectivity index (χ2v) is 5.86. The average molecular weight is 249 g/mol. The third kappa shape index (κ3) is 2.94. The summed E-state index contributed by atoms with van der Waals surface area (Å²) in [6, 6.07) is 0. The molecule has 3 heteroatoms. The van der Waals surface area contributed by atoms with Crippen LogP contribution in [0.15, 0.2) is 0 Å². The van der Waals surface area contributed by atoms with Crippen molar-refractivity contribution < 1.29 is 0 Å². The number of aryl methyl sites for hydroxylation is 1. The molecule has 0 aliphatic carbocycles. The van der Waals surface area contributed by atoms with E-state index in [9.17, 15) is 0 Å². The Hall–Kier alpha value is -0.830. The van der Waals surface area contributed by atoms with Gasteiger partial charge in [0, 0.05) is 12.2 Å². The summed E-state index contributed by atoms with van der Waals surface area (Å²) in [6.45, 7) is 13.6. The predicted octanol–water partition coefficient (Wildman–Crippen LogP) is 3.11. The second-order valence-electron chi connectivity index (χ2n) is 5.86. The number of likely N-dealkylation sites (tertiary alicyclic amines) is 1. The summed E-state index contributed by atoms with van der Waals surface area (Å²) in [7, 11) is 0. The number of aromatic nitrogens is 2. The van der Waals surface area contributed by atoms with Crippen LogP contribution in [0.5, 0.6) is 0 Å². The Balaban J connectivity index is 1.99. The lowest BCUT2D eigenvalue weighted by Gasteiger charge is -2.26. The molecule has 0 amide bonds. The zero-order chi connectivity index (χ0) is 13.1. The standard InChI is InChI=1S/C15H27N3/c1-12(2)15-13(3)16-18(14(15)4)11-10-17-8-6-5-7-9-17/h12H,5-11H2,1-4H3. The van der Waals surface area contributed by atoms with Crippen LogP contribution in [0.1, 0.15) is 56.0 Å². The van der Waals surface area contributed by atoms with Gasteiger partial charge in [-0.05, 0) is 51.3 Å². The first kappa shape index (κ1) is 13.6. The molecule has 0 unspecified atom stereocenters. The van der Waals surface area contributed by atoms with Gasteiger partial charge < -0.3 is 4.90 Å². The molecule has 0 N–H and O–H groups in total. The number of hydrogen-bond acceptors (Lipinski definition) is 2. The van der Waals surface area contributed by atoms with Crippen LogP contribution in [0, 0.1) is 13.8 Å². The Kier molecular flexibility index (Phi) is 4.44. The van der Waals surface area contributed by atoms with Crippen molar-refractivity contribution in [2.75, 3.05) is 19.6 Å². The van der Waals surface area contributed by atoms with Gasteiger partial charge in [0.05, 0.1) is 12.2 Å². The molecule has 1 aliphatic rings. The van der Waals surface area contributed by atoms with E-state index < -0.39 is 0 Å². The summed E-state index contributed by atoms with van der Waals surface area (Å²) in [6.07, 6.45) is 4.15. The van der Waals surface area contributed by atoms with Crippen molar-refractivity contribution >= 4 is 0 Å². The normalized spacial score (nSPS) is 17.6. The smallest absolute Gasteiger partial charge is 0.0631 e. The summed E-state index contributed by atoms with van der Waals surface area (Å²) in [5, 5.41) is 4.71. The van der Waals surface area contributed by atoms with E-state index in [4.69, 9.17) is 5.10 Å². The highest BCUT2D eigenvalue weighted by atomic mass is 15.3. The first-order chi connectivity index (χ1) is 8.59. The van der Waals surface area contributed by atoms with Crippen molar-refractivity contribution in [2.24, 2.45) is 0 Å². The summed E-state index contributed by atoms with van der Waals surface area (Å²) in [5.74, 6) is 0.578. The molecule has 2 rings (SSSR count). The molecule has 3 nitrogen and oxygen atoms in total. The first-order valence-electron chi connectivity index (χ1n) is 7.36. The highest BCUT2D eigenvalue weighted by molar-refractivity contribution is 5.27. The maximum atomic E-state index is 4.71. The van der Waals surface area contributed by atoms with Crippen LogP contribution in [0.2, 0.25) is 0 Å². The van der Waals surface area contributed by atoms with E-state index in [2.05, 4.69) is 37.3 Å². The van der Waals surface area contributed by atoms with Crippen LogP contribution < -0.4 is 0 Å². The molecule has 0 bridgehead atoms. The number of rotatable bonds is 4. The molecule has 2 heterocycles. The molecule has 0 spiro atoms. The SMILES string of the molecule is Cc1nn(CCN2CCCCC2)c(C)c1C(C)C. The minimum absolute atomic E-state index is 0.578. The van der Waals surface area contributed by atoms with Gasteiger partial charge in [-0.3, -0.25) is 4.68 Å². The molecule has 18 heavy (non-hydrogen) atoms. The van der Waals surface area contributed by atoms with Gasteiger partial charge in [0.1, 0.15) is 0 Å². The van der Waals surface area contributed by atoms with Gasteiger partial charge in [0.25, 0.3) is 0 Å². The van der Waals surface area contributed by atoms with Crippen LogP contribution in [-0.2, 0) is 6.54 Å². The summed E-state index contributed by atoms with van der Waals surface area (Å²) in [5.41, 5.74) is 4.01. The number of hydrogen-bond donors (Lipinski definition) is 0. The zero-order valence-electron chi connectivity index (χ0n) is 12.4.